The van der Waals surface area contributed by atoms with Gasteiger partial charge in [-0.3, -0.25) is 9.59 Å². The summed E-state index contributed by atoms with van der Waals surface area (Å²) < 4.78 is 0. The fourth-order valence-electron chi connectivity index (χ4n) is 1.41. The van der Waals surface area contributed by atoms with Gasteiger partial charge in [0.05, 0.1) is 11.3 Å². The maximum Gasteiger partial charge on any atom is 0.299 e. The van der Waals surface area contributed by atoms with Crippen LogP contribution in [0.15, 0.2) is 18.2 Å². The van der Waals surface area contributed by atoms with E-state index < -0.39 is 11.7 Å². The molecule has 1 heterocycles. The Hall–Kier alpha value is -1.84. The second-order valence-electron chi connectivity index (χ2n) is 2.86. The van der Waals surface area contributed by atoms with Crippen LogP contribution in [-0.4, -0.2) is 23.8 Å². The highest BCUT2D eigenvalue weighted by atomic mass is 16.3. The summed E-state index contributed by atoms with van der Waals surface area (Å²) in [5, 5.41) is 9.34. The SMILES string of the molecule is CN1C(=O)C(=O)c2c(O)cccc21. The topological polar surface area (TPSA) is 57.6 Å². The third-order valence-electron chi connectivity index (χ3n) is 2.11. The van der Waals surface area contributed by atoms with Crippen LogP contribution < -0.4 is 4.90 Å². The molecule has 0 bridgehead atoms. The van der Waals surface area contributed by atoms with Gasteiger partial charge in [0.15, 0.2) is 0 Å². The van der Waals surface area contributed by atoms with E-state index in [1.807, 2.05) is 0 Å². The average Bonchev–Trinajstić information content (AvgIpc) is 2.33. The Morgan fingerprint density at radius 1 is 1.31 bits per heavy atom. The molecule has 0 saturated carbocycles. The number of aromatic hydroxyl groups is 1. The van der Waals surface area contributed by atoms with Gasteiger partial charge in [0, 0.05) is 7.05 Å². The summed E-state index contributed by atoms with van der Waals surface area (Å²) in [6, 6.07) is 4.61. The van der Waals surface area contributed by atoms with Gasteiger partial charge in [-0.2, -0.15) is 0 Å². The van der Waals surface area contributed by atoms with Gasteiger partial charge < -0.3 is 10.0 Å². The number of fused-ring (bicyclic) bond motifs is 1. The second-order valence-corrected chi connectivity index (χ2v) is 2.86. The number of nitrogens with zero attached hydrogens (tertiary/aromatic N) is 1. The first kappa shape index (κ1) is 7.79. The molecule has 4 nitrogen and oxygen atoms in total. The first-order valence-electron chi connectivity index (χ1n) is 3.77. The Morgan fingerprint density at radius 3 is 2.62 bits per heavy atom. The van der Waals surface area contributed by atoms with E-state index in [1.165, 1.54) is 18.0 Å². The molecule has 0 saturated heterocycles. The molecule has 2 rings (SSSR count). The third kappa shape index (κ3) is 0.853. The average molecular weight is 177 g/mol. The molecule has 66 valence electrons. The van der Waals surface area contributed by atoms with E-state index in [0.29, 0.717) is 5.69 Å². The fraction of sp³-hybridized carbons (Fsp3) is 0.111. The Balaban J connectivity index is 2.73. The number of hydrogen-bond donors (Lipinski definition) is 1. The number of hydrogen-bond acceptors (Lipinski definition) is 3. The summed E-state index contributed by atoms with van der Waals surface area (Å²) in [7, 11) is 1.51. The summed E-state index contributed by atoms with van der Waals surface area (Å²) in [5.74, 6) is -1.38. The van der Waals surface area contributed by atoms with Crippen molar-refractivity contribution in [2.75, 3.05) is 11.9 Å². The number of likely N-dealkylation sites (N-methyl/N-ethyl adjacent to an activating group) is 1. The molecule has 0 aromatic heterocycles. The zero-order chi connectivity index (χ0) is 9.59. The highest BCUT2D eigenvalue weighted by molar-refractivity contribution is 6.52. The first-order valence-corrected chi connectivity index (χ1v) is 3.77. The number of phenolic OH excluding ortho intramolecular Hbond substituents is 1. The van der Waals surface area contributed by atoms with Gasteiger partial charge in [-0.15, -0.1) is 0 Å². The number of carbonyl (C=O) groups is 2. The molecule has 1 aromatic rings. The Morgan fingerprint density at radius 2 is 2.00 bits per heavy atom. The van der Waals surface area contributed by atoms with E-state index in [0.717, 1.165) is 0 Å². The van der Waals surface area contributed by atoms with Gasteiger partial charge in [-0.25, -0.2) is 0 Å². The fourth-order valence-corrected chi connectivity index (χ4v) is 1.41. The van der Waals surface area contributed by atoms with Crippen molar-refractivity contribution >= 4 is 17.4 Å². The molecule has 1 N–H and O–H groups in total. The predicted octanol–water partition coefficient (Wildman–Crippen LogP) is 0.551. The first-order chi connectivity index (χ1) is 6.13. The Labute approximate surface area is 74.4 Å². The van der Waals surface area contributed by atoms with Crippen molar-refractivity contribution in [1.29, 1.82) is 0 Å². The molecular weight excluding hydrogens is 170 g/mol. The lowest BCUT2D eigenvalue weighted by Gasteiger charge is -2.07. The molecule has 0 atom stereocenters. The molecule has 0 unspecified atom stereocenters. The van der Waals surface area contributed by atoms with Crippen molar-refractivity contribution in [3.63, 3.8) is 0 Å². The van der Waals surface area contributed by atoms with E-state index in [4.69, 9.17) is 0 Å². The van der Waals surface area contributed by atoms with Crippen molar-refractivity contribution in [2.24, 2.45) is 0 Å². The normalized spacial score (nSPS) is 15.0. The molecule has 0 spiro atoms. The summed E-state index contributed by atoms with van der Waals surface area (Å²) in [4.78, 5) is 23.7. The van der Waals surface area contributed by atoms with Crippen LogP contribution >= 0.6 is 0 Å². The number of phenols is 1. The van der Waals surface area contributed by atoms with Gasteiger partial charge in [-0.05, 0) is 12.1 Å². The Kier molecular flexibility index (Phi) is 1.39. The van der Waals surface area contributed by atoms with E-state index in [2.05, 4.69) is 0 Å². The predicted molar refractivity (Wildman–Crippen MR) is 45.8 cm³/mol. The number of amides is 1. The van der Waals surface area contributed by atoms with Crippen LogP contribution in [0.2, 0.25) is 0 Å². The van der Waals surface area contributed by atoms with E-state index in [9.17, 15) is 14.7 Å². The lowest BCUT2D eigenvalue weighted by Crippen LogP contribution is -2.24. The number of anilines is 1. The number of benzene rings is 1. The zero-order valence-electron chi connectivity index (χ0n) is 6.94. The van der Waals surface area contributed by atoms with Crippen molar-refractivity contribution in [2.45, 2.75) is 0 Å². The number of rotatable bonds is 0. The smallest absolute Gasteiger partial charge is 0.299 e. The molecule has 1 amide bonds. The van der Waals surface area contributed by atoms with Gasteiger partial charge >= 0.3 is 0 Å². The maximum atomic E-state index is 11.3. The highest BCUT2D eigenvalue weighted by Crippen LogP contribution is 2.33. The molecule has 1 aromatic carbocycles. The molecule has 0 fully saturated rings. The minimum Gasteiger partial charge on any atom is -0.507 e. The van der Waals surface area contributed by atoms with Gasteiger partial charge in [0.1, 0.15) is 5.75 Å². The van der Waals surface area contributed by atoms with Gasteiger partial charge in [0.25, 0.3) is 11.7 Å². The summed E-state index contributed by atoms with van der Waals surface area (Å²) in [6.07, 6.45) is 0. The molecular formula is C9H7NO3. The minimum atomic E-state index is -0.643. The minimum absolute atomic E-state index is 0.106. The third-order valence-corrected chi connectivity index (χ3v) is 2.11. The Bertz CT molecular complexity index is 411. The second kappa shape index (κ2) is 2.32. The van der Waals surface area contributed by atoms with Crippen LogP contribution in [0.4, 0.5) is 5.69 Å². The van der Waals surface area contributed by atoms with E-state index in [-0.39, 0.29) is 11.3 Å². The van der Waals surface area contributed by atoms with Crippen LogP contribution in [0, 0.1) is 0 Å². The van der Waals surface area contributed by atoms with Crippen LogP contribution in [0.3, 0.4) is 0 Å². The maximum absolute atomic E-state index is 11.3. The standard InChI is InChI=1S/C9H7NO3/c1-10-5-3-2-4-6(11)7(5)8(12)9(10)13/h2-4,11H,1H3. The van der Waals surface area contributed by atoms with Crippen LogP contribution in [-0.2, 0) is 4.79 Å². The van der Waals surface area contributed by atoms with Crippen LogP contribution in [0.25, 0.3) is 0 Å². The van der Waals surface area contributed by atoms with Crippen LogP contribution in [0.1, 0.15) is 10.4 Å². The lowest BCUT2D eigenvalue weighted by molar-refractivity contribution is -0.114. The van der Waals surface area contributed by atoms with Crippen molar-refractivity contribution in [1.82, 2.24) is 0 Å². The zero-order valence-corrected chi connectivity index (χ0v) is 6.94. The molecule has 0 aliphatic carbocycles. The van der Waals surface area contributed by atoms with E-state index in [1.54, 1.807) is 12.1 Å². The summed E-state index contributed by atoms with van der Waals surface area (Å²) >= 11 is 0. The summed E-state index contributed by atoms with van der Waals surface area (Å²) in [5.41, 5.74) is 0.574. The van der Waals surface area contributed by atoms with Crippen molar-refractivity contribution in [3.05, 3.63) is 23.8 Å². The summed E-state index contributed by atoms with van der Waals surface area (Å²) in [6.45, 7) is 0. The highest BCUT2D eigenvalue weighted by Gasteiger charge is 2.35. The number of ketones is 1. The number of carbonyl (C=O) groups excluding carboxylic acids is 2. The molecule has 13 heavy (non-hydrogen) atoms. The van der Waals surface area contributed by atoms with Crippen molar-refractivity contribution in [3.8, 4) is 5.75 Å². The molecule has 1 aliphatic rings. The molecule has 1 aliphatic heterocycles. The van der Waals surface area contributed by atoms with Crippen LogP contribution in [0.5, 0.6) is 5.75 Å². The molecule has 0 radical (unpaired) electrons. The van der Waals surface area contributed by atoms with Crippen molar-refractivity contribution < 1.29 is 14.7 Å². The number of Topliss-reactive ketones (excluding diaryl/α,β-unsaturated/α-hetero) is 1. The molecule has 4 heteroatoms. The monoisotopic (exact) mass is 177 g/mol. The van der Waals surface area contributed by atoms with E-state index >= 15 is 0 Å². The van der Waals surface area contributed by atoms with Gasteiger partial charge in [-0.1, -0.05) is 6.07 Å². The quantitative estimate of drug-likeness (QED) is 0.589. The van der Waals surface area contributed by atoms with Gasteiger partial charge in [0.2, 0.25) is 0 Å². The largest absolute Gasteiger partial charge is 0.507 e. The lowest BCUT2D eigenvalue weighted by atomic mass is 10.1.